The minimum atomic E-state index is -0.0986. The molecule has 0 radical (unpaired) electrons. The smallest absolute Gasteiger partial charge is 0.244 e. The minimum Gasteiger partial charge on any atom is -0.457 e. The van der Waals surface area contributed by atoms with Crippen molar-refractivity contribution in [1.29, 1.82) is 0 Å². The van der Waals surface area contributed by atoms with Gasteiger partial charge < -0.3 is 9.73 Å². The molecule has 1 aromatic heterocycles. The predicted molar refractivity (Wildman–Crippen MR) is 76.2 cm³/mol. The Balaban J connectivity index is 2.12. The van der Waals surface area contributed by atoms with Crippen molar-refractivity contribution in [3.8, 4) is 0 Å². The largest absolute Gasteiger partial charge is 0.457 e. The summed E-state index contributed by atoms with van der Waals surface area (Å²) in [5, 5.41) is 3.78. The molecule has 0 aliphatic heterocycles. The molecular formula is C14H14BrNO2. The van der Waals surface area contributed by atoms with E-state index in [9.17, 15) is 4.79 Å². The molecule has 0 saturated carbocycles. The second kappa shape index (κ2) is 5.87. The van der Waals surface area contributed by atoms with Crippen LogP contribution in [0.2, 0.25) is 0 Å². The number of amides is 1. The number of hydrogen-bond acceptors (Lipinski definition) is 2. The van der Waals surface area contributed by atoms with Gasteiger partial charge in [-0.1, -0.05) is 22.9 Å². The van der Waals surface area contributed by atoms with Crippen molar-refractivity contribution in [3.05, 3.63) is 40.6 Å². The Kier molecular flexibility index (Phi) is 4.20. The Bertz CT molecular complexity index is 586. The van der Waals surface area contributed by atoms with Gasteiger partial charge in [-0.2, -0.15) is 0 Å². The normalized spacial score (nSPS) is 11.2. The first kappa shape index (κ1) is 12.9. The molecule has 2 rings (SSSR count). The molecule has 18 heavy (non-hydrogen) atoms. The van der Waals surface area contributed by atoms with Crippen molar-refractivity contribution in [3.63, 3.8) is 0 Å². The molecule has 1 amide bonds. The van der Waals surface area contributed by atoms with E-state index in [4.69, 9.17) is 4.42 Å². The van der Waals surface area contributed by atoms with Crippen LogP contribution in [0.4, 0.5) is 0 Å². The van der Waals surface area contributed by atoms with Gasteiger partial charge in [0.25, 0.3) is 0 Å². The summed E-state index contributed by atoms with van der Waals surface area (Å²) < 4.78 is 6.60. The molecule has 4 heteroatoms. The fraction of sp³-hybridized carbons (Fsp3) is 0.214. The number of benzene rings is 1. The van der Waals surface area contributed by atoms with Gasteiger partial charge in [0.1, 0.15) is 11.3 Å². The van der Waals surface area contributed by atoms with Crippen LogP contribution in [-0.2, 0) is 4.79 Å². The molecule has 1 aromatic carbocycles. The van der Waals surface area contributed by atoms with E-state index in [1.165, 1.54) is 6.08 Å². The van der Waals surface area contributed by atoms with E-state index in [0.29, 0.717) is 12.3 Å². The highest BCUT2D eigenvalue weighted by Crippen LogP contribution is 2.23. The Morgan fingerprint density at radius 2 is 2.28 bits per heavy atom. The quantitative estimate of drug-likeness (QED) is 0.874. The van der Waals surface area contributed by atoms with Gasteiger partial charge in [0, 0.05) is 22.5 Å². The zero-order chi connectivity index (χ0) is 13.0. The molecule has 0 spiro atoms. The van der Waals surface area contributed by atoms with E-state index in [0.717, 1.165) is 21.9 Å². The minimum absolute atomic E-state index is 0.0986. The Morgan fingerprint density at radius 3 is 3.06 bits per heavy atom. The summed E-state index contributed by atoms with van der Waals surface area (Å²) in [5.74, 6) is 0.577. The van der Waals surface area contributed by atoms with Gasteiger partial charge in [-0.05, 0) is 36.8 Å². The highest BCUT2D eigenvalue weighted by atomic mass is 79.9. The summed E-state index contributed by atoms with van der Waals surface area (Å²) in [5.41, 5.74) is 0.812. The van der Waals surface area contributed by atoms with Gasteiger partial charge in [0.2, 0.25) is 5.91 Å². The van der Waals surface area contributed by atoms with Gasteiger partial charge in [-0.15, -0.1) is 0 Å². The van der Waals surface area contributed by atoms with Crippen LogP contribution in [0.3, 0.4) is 0 Å². The summed E-state index contributed by atoms with van der Waals surface area (Å²) in [6.07, 6.45) is 4.10. The Morgan fingerprint density at radius 1 is 1.44 bits per heavy atom. The number of furan rings is 1. The first-order valence-electron chi connectivity index (χ1n) is 5.84. The lowest BCUT2D eigenvalue weighted by molar-refractivity contribution is -0.116. The van der Waals surface area contributed by atoms with Crippen LogP contribution in [0.25, 0.3) is 17.0 Å². The van der Waals surface area contributed by atoms with Crippen molar-refractivity contribution >= 4 is 38.9 Å². The van der Waals surface area contributed by atoms with Crippen molar-refractivity contribution in [2.75, 3.05) is 6.54 Å². The molecule has 0 unspecified atom stereocenters. The topological polar surface area (TPSA) is 42.2 Å². The van der Waals surface area contributed by atoms with Crippen molar-refractivity contribution in [1.82, 2.24) is 5.32 Å². The lowest BCUT2D eigenvalue weighted by Gasteiger charge is -1.96. The molecule has 1 heterocycles. The number of rotatable bonds is 4. The molecule has 3 nitrogen and oxygen atoms in total. The Labute approximate surface area is 114 Å². The van der Waals surface area contributed by atoms with Crippen molar-refractivity contribution in [2.45, 2.75) is 13.3 Å². The molecule has 0 fully saturated rings. The lowest BCUT2D eigenvalue weighted by Crippen LogP contribution is -2.21. The summed E-state index contributed by atoms with van der Waals surface area (Å²) in [7, 11) is 0. The third-order valence-corrected chi connectivity index (χ3v) is 2.94. The molecule has 0 saturated heterocycles. The average molecular weight is 308 g/mol. The highest BCUT2D eigenvalue weighted by molar-refractivity contribution is 9.10. The van der Waals surface area contributed by atoms with E-state index in [1.54, 1.807) is 6.08 Å². The van der Waals surface area contributed by atoms with Crippen molar-refractivity contribution in [2.24, 2.45) is 0 Å². The number of carbonyl (C=O) groups is 1. The third-order valence-electron chi connectivity index (χ3n) is 2.45. The summed E-state index contributed by atoms with van der Waals surface area (Å²) >= 11 is 3.41. The molecule has 94 valence electrons. The number of fused-ring (bicyclic) bond motifs is 1. The predicted octanol–water partition coefficient (Wildman–Crippen LogP) is 3.73. The molecule has 2 aromatic rings. The number of hydrogen-bond donors (Lipinski definition) is 1. The fourth-order valence-corrected chi connectivity index (χ4v) is 1.96. The van der Waals surface area contributed by atoms with Crippen LogP contribution >= 0.6 is 15.9 Å². The maximum absolute atomic E-state index is 11.4. The first-order chi connectivity index (χ1) is 8.69. The average Bonchev–Trinajstić information content (AvgIpc) is 2.75. The number of halogens is 1. The number of nitrogens with one attached hydrogen (secondary N) is 1. The van der Waals surface area contributed by atoms with Gasteiger partial charge in [0.15, 0.2) is 0 Å². The van der Waals surface area contributed by atoms with E-state index in [2.05, 4.69) is 21.2 Å². The second-order valence-corrected chi connectivity index (χ2v) is 4.87. The summed E-state index contributed by atoms with van der Waals surface area (Å²) in [6.45, 7) is 2.71. The number of carbonyl (C=O) groups excluding carboxylic acids is 1. The third kappa shape index (κ3) is 3.23. The van der Waals surface area contributed by atoms with Gasteiger partial charge in [-0.25, -0.2) is 0 Å². The standard InChI is InChI=1S/C14H14BrNO2/c1-2-7-16-14(17)6-4-12-9-10-8-11(15)3-5-13(10)18-12/h3-6,8-9H,2,7H2,1H3,(H,16,17)/b6-4+. The summed E-state index contributed by atoms with van der Waals surface area (Å²) in [4.78, 5) is 11.4. The van der Waals surface area contributed by atoms with Crippen LogP contribution in [0, 0.1) is 0 Å². The van der Waals surface area contributed by atoms with E-state index in [1.807, 2.05) is 31.2 Å². The Hall–Kier alpha value is -1.55. The lowest BCUT2D eigenvalue weighted by atomic mass is 10.2. The highest BCUT2D eigenvalue weighted by Gasteiger charge is 2.02. The molecule has 0 atom stereocenters. The van der Waals surface area contributed by atoms with E-state index < -0.39 is 0 Å². The zero-order valence-electron chi connectivity index (χ0n) is 10.1. The molecule has 0 aliphatic carbocycles. The second-order valence-electron chi connectivity index (χ2n) is 3.96. The van der Waals surface area contributed by atoms with Crippen LogP contribution in [-0.4, -0.2) is 12.5 Å². The molecule has 0 bridgehead atoms. The summed E-state index contributed by atoms with van der Waals surface area (Å²) in [6, 6.07) is 7.71. The maximum Gasteiger partial charge on any atom is 0.244 e. The van der Waals surface area contributed by atoms with E-state index in [-0.39, 0.29) is 5.91 Å². The van der Waals surface area contributed by atoms with Crippen LogP contribution in [0.1, 0.15) is 19.1 Å². The molecule has 0 aliphatic rings. The van der Waals surface area contributed by atoms with E-state index >= 15 is 0 Å². The molecular weight excluding hydrogens is 294 g/mol. The van der Waals surface area contributed by atoms with Crippen molar-refractivity contribution < 1.29 is 9.21 Å². The van der Waals surface area contributed by atoms with Gasteiger partial charge >= 0.3 is 0 Å². The van der Waals surface area contributed by atoms with Crippen LogP contribution < -0.4 is 5.32 Å². The fourth-order valence-electron chi connectivity index (χ4n) is 1.58. The SMILES string of the molecule is CCCNC(=O)/C=C/c1cc2cc(Br)ccc2o1. The first-order valence-corrected chi connectivity index (χ1v) is 6.63. The monoisotopic (exact) mass is 307 g/mol. The molecule has 1 N–H and O–H groups in total. The maximum atomic E-state index is 11.4. The van der Waals surface area contributed by atoms with Gasteiger partial charge in [-0.3, -0.25) is 4.79 Å². The van der Waals surface area contributed by atoms with Gasteiger partial charge in [0.05, 0.1) is 0 Å². The van der Waals surface area contributed by atoms with Crippen LogP contribution in [0.5, 0.6) is 0 Å². The van der Waals surface area contributed by atoms with Crippen LogP contribution in [0.15, 0.2) is 39.2 Å². The zero-order valence-corrected chi connectivity index (χ0v) is 11.7.